The summed E-state index contributed by atoms with van der Waals surface area (Å²) in [5.74, 6) is 1.89. The van der Waals surface area contributed by atoms with Crippen molar-refractivity contribution in [1.82, 2.24) is 29.0 Å². The summed E-state index contributed by atoms with van der Waals surface area (Å²) in [5.41, 5.74) is 3.75. The van der Waals surface area contributed by atoms with Crippen LogP contribution in [0.5, 0.6) is 11.5 Å². The first-order chi connectivity index (χ1) is 18.2. The Morgan fingerprint density at radius 1 is 0.921 bits per heavy atom. The summed E-state index contributed by atoms with van der Waals surface area (Å²) in [6.45, 7) is 5.70. The number of methoxy groups -OCH3 is 2. The summed E-state index contributed by atoms with van der Waals surface area (Å²) in [6, 6.07) is 12.6. The summed E-state index contributed by atoms with van der Waals surface area (Å²) in [4.78, 5) is 26.6. The smallest absolute Gasteiger partial charge is 0.320 e. The van der Waals surface area contributed by atoms with Crippen LogP contribution in [0.4, 0.5) is 22.2 Å². The first-order valence-electron chi connectivity index (χ1n) is 11.7. The third-order valence-corrected chi connectivity index (χ3v) is 6.02. The number of ether oxygens (including phenoxy) is 2. The quantitative estimate of drug-likeness (QED) is 0.264. The molecule has 2 amide bonds. The van der Waals surface area contributed by atoms with Crippen molar-refractivity contribution >= 4 is 57.3 Å². The van der Waals surface area contributed by atoms with E-state index in [2.05, 4.69) is 34.7 Å². The fourth-order valence-electron chi connectivity index (χ4n) is 3.77. The van der Waals surface area contributed by atoms with E-state index in [1.165, 1.54) is 0 Å². The minimum atomic E-state index is -0.437. The number of carbonyl (C=O) groups is 1. The Balaban J connectivity index is 1.57. The molecule has 0 fully saturated rings. The first-order valence-corrected chi connectivity index (χ1v) is 12.4. The van der Waals surface area contributed by atoms with Crippen LogP contribution in [0.3, 0.4) is 0 Å². The van der Waals surface area contributed by atoms with Crippen molar-refractivity contribution in [2.45, 2.75) is 26.3 Å². The van der Waals surface area contributed by atoms with Crippen molar-refractivity contribution in [3.05, 3.63) is 48.7 Å². The van der Waals surface area contributed by atoms with E-state index in [9.17, 15) is 4.79 Å². The predicted octanol–water partition coefficient (Wildman–Crippen LogP) is 5.38. The molecule has 3 heterocycles. The Hall–Kier alpha value is -4.58. The number of hydrogen-bond donors (Lipinski definition) is 3. The molecule has 0 radical (unpaired) electrons. The average Bonchev–Trinajstić information content (AvgIpc) is 3.34. The number of urea groups is 1. The van der Waals surface area contributed by atoms with Crippen LogP contribution in [-0.2, 0) is 0 Å². The van der Waals surface area contributed by atoms with Crippen molar-refractivity contribution in [3.8, 4) is 22.6 Å². The number of nitrogens with one attached hydrogen (secondary N) is 3. The summed E-state index contributed by atoms with van der Waals surface area (Å²) >= 11 is 1.16. The topological polar surface area (TPSA) is 136 Å². The zero-order valence-electron chi connectivity index (χ0n) is 21.5. The van der Waals surface area contributed by atoms with Gasteiger partial charge in [-0.05, 0) is 62.7 Å². The van der Waals surface area contributed by atoms with E-state index in [1.54, 1.807) is 26.5 Å². The summed E-state index contributed by atoms with van der Waals surface area (Å²) in [5, 5.41) is 9.66. The Kier molecular flexibility index (Phi) is 6.64. The van der Waals surface area contributed by atoms with E-state index in [4.69, 9.17) is 14.5 Å². The van der Waals surface area contributed by atoms with Crippen molar-refractivity contribution < 1.29 is 14.3 Å². The molecule has 0 saturated carbocycles. The number of carbonyl (C=O) groups excluding carboxylic acids is 1. The third kappa shape index (κ3) is 5.54. The molecule has 0 atom stereocenters. The molecule has 5 rings (SSSR count). The van der Waals surface area contributed by atoms with Gasteiger partial charge in [0.15, 0.2) is 5.65 Å². The van der Waals surface area contributed by atoms with Crippen LogP contribution in [0.15, 0.2) is 48.7 Å². The highest BCUT2D eigenvalue weighted by Gasteiger charge is 2.19. The Bertz CT molecular complexity index is 1630. The summed E-state index contributed by atoms with van der Waals surface area (Å²) in [7, 11) is 3.16. The summed E-state index contributed by atoms with van der Waals surface area (Å²) in [6.07, 6.45) is 1.68. The number of aromatic nitrogens is 5. The van der Waals surface area contributed by atoms with Gasteiger partial charge in [0.25, 0.3) is 0 Å². The number of nitrogens with zero attached hydrogens (tertiary/aromatic N) is 5. The molecular weight excluding hydrogens is 504 g/mol. The minimum absolute atomic E-state index is 0.328. The molecule has 11 nitrogen and oxygen atoms in total. The SMILES string of the molecule is COc1cc(OC)cc(-c2cc3cnc(Nc4ccc5nsnc5c4)nc3nc2NC(=O)NC(C)(C)C)c1. The molecule has 0 aliphatic rings. The molecule has 0 unspecified atom stereocenters. The van der Waals surface area contributed by atoms with Gasteiger partial charge >= 0.3 is 6.03 Å². The van der Waals surface area contributed by atoms with Crippen LogP contribution in [-0.4, -0.2) is 49.5 Å². The molecular formula is C26H26N8O3S. The van der Waals surface area contributed by atoms with Gasteiger partial charge in [0.2, 0.25) is 5.95 Å². The lowest BCUT2D eigenvalue weighted by Crippen LogP contribution is -2.43. The second-order valence-electron chi connectivity index (χ2n) is 9.51. The molecule has 3 N–H and O–H groups in total. The second kappa shape index (κ2) is 10.1. The van der Waals surface area contributed by atoms with Crippen molar-refractivity contribution in [2.24, 2.45) is 0 Å². The van der Waals surface area contributed by atoms with E-state index >= 15 is 0 Å². The molecule has 3 aromatic heterocycles. The maximum atomic E-state index is 12.8. The number of amides is 2. The first kappa shape index (κ1) is 25.1. The van der Waals surface area contributed by atoms with Gasteiger partial charge < -0.3 is 20.1 Å². The van der Waals surface area contributed by atoms with Gasteiger partial charge in [-0.2, -0.15) is 13.7 Å². The van der Waals surface area contributed by atoms with Crippen LogP contribution < -0.4 is 25.4 Å². The number of hydrogen-bond acceptors (Lipinski definition) is 10. The molecule has 0 aliphatic heterocycles. The molecule has 38 heavy (non-hydrogen) atoms. The Morgan fingerprint density at radius 3 is 2.37 bits per heavy atom. The zero-order valence-corrected chi connectivity index (χ0v) is 22.3. The maximum absolute atomic E-state index is 12.8. The van der Waals surface area contributed by atoms with Gasteiger partial charge in [-0.1, -0.05) is 0 Å². The van der Waals surface area contributed by atoms with E-state index in [-0.39, 0.29) is 0 Å². The van der Waals surface area contributed by atoms with Crippen molar-refractivity contribution in [3.63, 3.8) is 0 Å². The normalized spacial score (nSPS) is 11.4. The predicted molar refractivity (Wildman–Crippen MR) is 148 cm³/mol. The van der Waals surface area contributed by atoms with Crippen LogP contribution in [0.2, 0.25) is 0 Å². The number of anilines is 3. The van der Waals surface area contributed by atoms with Gasteiger partial charge in [0, 0.05) is 34.4 Å². The molecule has 0 spiro atoms. The van der Waals surface area contributed by atoms with Crippen LogP contribution in [0.25, 0.3) is 33.2 Å². The molecule has 0 saturated heterocycles. The number of fused-ring (bicyclic) bond motifs is 2. The summed E-state index contributed by atoms with van der Waals surface area (Å²) < 4.78 is 19.4. The zero-order chi connectivity index (χ0) is 26.9. The number of rotatable bonds is 6. The monoisotopic (exact) mass is 530 g/mol. The van der Waals surface area contributed by atoms with Gasteiger partial charge in [0.05, 0.1) is 25.9 Å². The van der Waals surface area contributed by atoms with E-state index in [0.29, 0.717) is 39.9 Å². The molecule has 12 heteroatoms. The number of pyridine rings is 1. The van der Waals surface area contributed by atoms with Crippen LogP contribution in [0.1, 0.15) is 20.8 Å². The lowest BCUT2D eigenvalue weighted by atomic mass is 10.0. The van der Waals surface area contributed by atoms with Gasteiger partial charge in [-0.15, -0.1) is 0 Å². The van der Waals surface area contributed by atoms with Crippen LogP contribution in [0, 0.1) is 0 Å². The van der Waals surface area contributed by atoms with E-state index < -0.39 is 11.6 Å². The lowest BCUT2D eigenvalue weighted by Gasteiger charge is -2.21. The maximum Gasteiger partial charge on any atom is 0.320 e. The molecule has 0 aliphatic carbocycles. The molecule has 194 valence electrons. The number of benzene rings is 2. The fourth-order valence-corrected chi connectivity index (χ4v) is 4.29. The lowest BCUT2D eigenvalue weighted by molar-refractivity contribution is 0.243. The van der Waals surface area contributed by atoms with Crippen molar-refractivity contribution in [2.75, 3.05) is 24.9 Å². The fraction of sp³-hybridized carbons (Fsp3) is 0.231. The third-order valence-electron chi connectivity index (χ3n) is 5.46. The molecule has 5 aromatic rings. The van der Waals surface area contributed by atoms with Gasteiger partial charge in [-0.25, -0.2) is 14.8 Å². The second-order valence-corrected chi connectivity index (χ2v) is 10.0. The molecule has 0 bridgehead atoms. The standard InChI is InChI=1S/C26H26N8O3S/c1-26(2,3)32-25(35)31-23-19(14-8-17(36-4)12-18(9-14)37-5)10-15-13-27-24(30-22(15)29-23)28-16-6-7-20-21(11-16)34-38-33-20/h6-13H,1-5H3,(H3,27,28,29,30,31,32,35). The van der Waals surface area contributed by atoms with Crippen LogP contribution >= 0.6 is 11.7 Å². The van der Waals surface area contributed by atoms with Gasteiger partial charge in [-0.3, -0.25) is 5.32 Å². The van der Waals surface area contributed by atoms with E-state index in [1.807, 2.05) is 57.2 Å². The molecule has 2 aromatic carbocycles. The van der Waals surface area contributed by atoms with Gasteiger partial charge in [0.1, 0.15) is 28.4 Å². The Morgan fingerprint density at radius 2 is 1.66 bits per heavy atom. The largest absolute Gasteiger partial charge is 0.497 e. The average molecular weight is 531 g/mol. The highest BCUT2D eigenvalue weighted by molar-refractivity contribution is 7.00. The van der Waals surface area contributed by atoms with Crippen molar-refractivity contribution in [1.29, 1.82) is 0 Å². The highest BCUT2D eigenvalue weighted by Crippen LogP contribution is 2.35. The Labute approximate surface area is 223 Å². The minimum Gasteiger partial charge on any atom is -0.497 e. The highest BCUT2D eigenvalue weighted by atomic mass is 32.1. The van der Waals surface area contributed by atoms with E-state index in [0.717, 1.165) is 34.0 Å².